The molecule has 0 fully saturated rings. The Morgan fingerprint density at radius 1 is 1.25 bits per heavy atom. The van der Waals surface area contributed by atoms with Gasteiger partial charge in [-0.2, -0.15) is 5.10 Å². The van der Waals surface area contributed by atoms with Gasteiger partial charge in [0.1, 0.15) is 0 Å². The summed E-state index contributed by atoms with van der Waals surface area (Å²) in [5, 5.41) is 9.12. The zero-order valence-electron chi connectivity index (χ0n) is 17.0. The van der Waals surface area contributed by atoms with Crippen molar-refractivity contribution in [1.82, 2.24) is 25.0 Å². The lowest BCUT2D eigenvalue weighted by molar-refractivity contribution is 0.0934. The van der Waals surface area contributed by atoms with E-state index in [1.807, 2.05) is 65.3 Å². The van der Waals surface area contributed by atoms with Crippen molar-refractivity contribution < 1.29 is 4.79 Å². The molecule has 2 aromatic heterocycles. The highest BCUT2D eigenvalue weighted by Gasteiger charge is 2.21. The van der Waals surface area contributed by atoms with Gasteiger partial charge in [-0.25, -0.2) is 4.98 Å². The Morgan fingerprint density at radius 2 is 1.93 bits per heavy atom. The number of aromatic nitrogens is 3. The van der Waals surface area contributed by atoms with Gasteiger partial charge in [-0.1, -0.05) is 23.7 Å². The molecule has 0 aliphatic carbocycles. The largest absolute Gasteiger partial charge is 0.345 e. The van der Waals surface area contributed by atoms with Crippen molar-refractivity contribution in [3.8, 4) is 0 Å². The Labute approximate surface area is 170 Å². The van der Waals surface area contributed by atoms with Crippen LogP contribution in [0, 0.1) is 13.8 Å². The highest BCUT2D eigenvalue weighted by Crippen LogP contribution is 2.24. The molecule has 0 saturated heterocycles. The SMILES string of the molecule is Cc1cc(C(=O)NC(CCN(C)C)c2ccc(Cl)cc2)c2c(C)nn(C)c2n1. The molecule has 3 rings (SSSR count). The lowest BCUT2D eigenvalue weighted by Gasteiger charge is -2.22. The normalized spacial score (nSPS) is 12.5. The van der Waals surface area contributed by atoms with Crippen LogP contribution >= 0.6 is 11.6 Å². The second-order valence-electron chi connectivity index (χ2n) is 7.39. The van der Waals surface area contributed by atoms with Crippen LogP contribution in [0.2, 0.25) is 5.02 Å². The lowest BCUT2D eigenvalue weighted by atomic mass is 10.0. The van der Waals surface area contributed by atoms with Crippen LogP contribution in [-0.4, -0.2) is 46.2 Å². The first-order valence-electron chi connectivity index (χ1n) is 9.28. The van der Waals surface area contributed by atoms with Gasteiger partial charge in [0, 0.05) is 17.8 Å². The number of aryl methyl sites for hydroxylation is 3. The quantitative estimate of drug-likeness (QED) is 0.687. The number of hydrogen-bond donors (Lipinski definition) is 1. The van der Waals surface area contributed by atoms with E-state index >= 15 is 0 Å². The number of benzene rings is 1. The molecule has 2 heterocycles. The van der Waals surface area contributed by atoms with E-state index in [1.165, 1.54) is 0 Å². The summed E-state index contributed by atoms with van der Waals surface area (Å²) >= 11 is 6.04. The maximum atomic E-state index is 13.3. The molecule has 3 aromatic rings. The van der Waals surface area contributed by atoms with Crippen LogP contribution in [0.5, 0.6) is 0 Å². The van der Waals surface area contributed by atoms with Gasteiger partial charge in [0.25, 0.3) is 5.91 Å². The number of pyridine rings is 1. The van der Waals surface area contributed by atoms with E-state index in [9.17, 15) is 4.79 Å². The van der Waals surface area contributed by atoms with Gasteiger partial charge in [-0.05, 0) is 64.7 Å². The van der Waals surface area contributed by atoms with Crippen molar-refractivity contribution in [3.05, 3.63) is 57.9 Å². The molecule has 1 aromatic carbocycles. The van der Waals surface area contributed by atoms with E-state index in [4.69, 9.17) is 11.6 Å². The summed E-state index contributed by atoms with van der Waals surface area (Å²) in [6.45, 7) is 4.64. The number of amides is 1. The highest BCUT2D eigenvalue weighted by atomic mass is 35.5. The fourth-order valence-electron chi connectivity index (χ4n) is 3.39. The van der Waals surface area contributed by atoms with Gasteiger partial charge in [0.2, 0.25) is 0 Å². The van der Waals surface area contributed by atoms with Crippen molar-refractivity contribution in [2.45, 2.75) is 26.3 Å². The summed E-state index contributed by atoms with van der Waals surface area (Å²) in [4.78, 5) is 19.9. The number of rotatable bonds is 6. The summed E-state index contributed by atoms with van der Waals surface area (Å²) < 4.78 is 1.72. The number of nitrogens with one attached hydrogen (secondary N) is 1. The van der Waals surface area contributed by atoms with Gasteiger partial charge in [0.15, 0.2) is 5.65 Å². The van der Waals surface area contributed by atoms with Gasteiger partial charge in [-0.15, -0.1) is 0 Å². The average Bonchev–Trinajstić information content (AvgIpc) is 2.92. The zero-order valence-corrected chi connectivity index (χ0v) is 17.7. The first-order valence-corrected chi connectivity index (χ1v) is 9.66. The van der Waals surface area contributed by atoms with E-state index in [2.05, 4.69) is 20.3 Å². The molecule has 6 nitrogen and oxygen atoms in total. The smallest absolute Gasteiger partial charge is 0.252 e. The maximum Gasteiger partial charge on any atom is 0.252 e. The van der Waals surface area contributed by atoms with Crippen LogP contribution in [-0.2, 0) is 7.05 Å². The number of carbonyl (C=O) groups is 1. The van der Waals surface area contributed by atoms with E-state index in [-0.39, 0.29) is 11.9 Å². The lowest BCUT2D eigenvalue weighted by Crippen LogP contribution is -2.31. The Morgan fingerprint density at radius 3 is 2.57 bits per heavy atom. The standard InChI is InChI=1S/C21H26ClN5O/c1-13-12-17(19-14(2)25-27(5)20(19)23-13)21(28)24-18(10-11-26(3)4)15-6-8-16(22)9-7-15/h6-9,12,18H,10-11H2,1-5H3,(H,24,28). The molecule has 0 aliphatic rings. The fourth-order valence-corrected chi connectivity index (χ4v) is 3.52. The van der Waals surface area contributed by atoms with Crippen molar-refractivity contribution in [2.24, 2.45) is 7.05 Å². The monoisotopic (exact) mass is 399 g/mol. The van der Waals surface area contributed by atoms with Crippen molar-refractivity contribution >= 4 is 28.5 Å². The Bertz CT molecular complexity index is 994. The summed E-state index contributed by atoms with van der Waals surface area (Å²) in [7, 11) is 5.89. The van der Waals surface area contributed by atoms with E-state index in [0.717, 1.165) is 41.0 Å². The third-order valence-corrected chi connectivity index (χ3v) is 5.04. The minimum absolute atomic E-state index is 0.118. The molecular formula is C21H26ClN5O. The number of hydrogen-bond acceptors (Lipinski definition) is 4. The summed E-state index contributed by atoms with van der Waals surface area (Å²) in [6, 6.07) is 9.35. The molecule has 28 heavy (non-hydrogen) atoms. The minimum atomic E-state index is -0.120. The zero-order chi connectivity index (χ0) is 20.4. The van der Waals surface area contributed by atoms with Crippen molar-refractivity contribution in [1.29, 1.82) is 0 Å². The van der Waals surface area contributed by atoms with Crippen molar-refractivity contribution in [2.75, 3.05) is 20.6 Å². The first kappa shape index (κ1) is 20.3. The van der Waals surface area contributed by atoms with E-state index in [1.54, 1.807) is 4.68 Å². The van der Waals surface area contributed by atoms with Gasteiger partial charge >= 0.3 is 0 Å². The predicted molar refractivity (Wildman–Crippen MR) is 113 cm³/mol. The number of fused-ring (bicyclic) bond motifs is 1. The molecule has 0 radical (unpaired) electrons. The topological polar surface area (TPSA) is 63.1 Å². The number of carbonyl (C=O) groups excluding carboxylic acids is 1. The van der Waals surface area contributed by atoms with Crippen LogP contribution < -0.4 is 5.32 Å². The van der Waals surface area contributed by atoms with Crippen LogP contribution in [0.25, 0.3) is 11.0 Å². The third-order valence-electron chi connectivity index (χ3n) is 4.78. The summed E-state index contributed by atoms with van der Waals surface area (Å²) in [5.41, 5.74) is 3.95. The molecule has 0 spiro atoms. The van der Waals surface area contributed by atoms with E-state index < -0.39 is 0 Å². The third kappa shape index (κ3) is 4.34. The first-order chi connectivity index (χ1) is 13.3. The van der Waals surface area contributed by atoms with Crippen LogP contribution in [0.3, 0.4) is 0 Å². The van der Waals surface area contributed by atoms with Crippen molar-refractivity contribution in [3.63, 3.8) is 0 Å². The van der Waals surface area contributed by atoms with Crippen LogP contribution in [0.15, 0.2) is 30.3 Å². The summed E-state index contributed by atoms with van der Waals surface area (Å²) in [6.07, 6.45) is 0.791. The fraction of sp³-hybridized carbons (Fsp3) is 0.381. The Balaban J connectivity index is 1.95. The van der Waals surface area contributed by atoms with Crippen LogP contribution in [0.1, 0.15) is 39.8 Å². The molecular weight excluding hydrogens is 374 g/mol. The second-order valence-corrected chi connectivity index (χ2v) is 7.82. The van der Waals surface area contributed by atoms with Gasteiger partial charge in [0.05, 0.1) is 22.7 Å². The van der Waals surface area contributed by atoms with Gasteiger partial charge < -0.3 is 10.2 Å². The molecule has 1 N–H and O–H groups in total. The minimum Gasteiger partial charge on any atom is -0.345 e. The molecule has 1 unspecified atom stereocenters. The van der Waals surface area contributed by atoms with Crippen LogP contribution in [0.4, 0.5) is 0 Å². The molecule has 148 valence electrons. The van der Waals surface area contributed by atoms with E-state index in [0.29, 0.717) is 10.6 Å². The molecule has 0 bridgehead atoms. The number of halogens is 1. The molecule has 1 atom stereocenters. The maximum absolute atomic E-state index is 13.3. The number of nitrogens with zero attached hydrogens (tertiary/aromatic N) is 4. The predicted octanol–water partition coefficient (Wildman–Crippen LogP) is 3.66. The molecule has 7 heteroatoms. The molecule has 0 saturated carbocycles. The van der Waals surface area contributed by atoms with Gasteiger partial charge in [-0.3, -0.25) is 9.48 Å². The average molecular weight is 400 g/mol. The Hall–Kier alpha value is -2.44. The highest BCUT2D eigenvalue weighted by molar-refractivity contribution is 6.30. The Kier molecular flexibility index (Phi) is 6.01. The molecule has 0 aliphatic heterocycles. The second kappa shape index (κ2) is 8.29. The summed E-state index contributed by atoms with van der Waals surface area (Å²) in [5.74, 6) is -0.120. The molecule has 1 amide bonds.